The maximum absolute atomic E-state index is 9.04. The molecule has 0 aliphatic rings. The van der Waals surface area contributed by atoms with Gasteiger partial charge in [-0.1, -0.05) is 127 Å². The van der Waals surface area contributed by atoms with Crippen molar-refractivity contribution in [2.24, 2.45) is 0 Å². The SMILES string of the molecule is [2H]c1c([2H])c([2H])c(-c2c([2H])c([2H])c(-c3cc(-c4ccc(Nc5cccc6ccccc56)cc4)cc4ccccc34)c([2H])c2[2H])c([2H])c1[2H]. The van der Waals surface area contributed by atoms with E-state index in [0.29, 0.717) is 5.56 Å². The van der Waals surface area contributed by atoms with E-state index in [1.54, 1.807) is 0 Å². The van der Waals surface area contributed by atoms with Gasteiger partial charge in [0, 0.05) is 16.8 Å². The van der Waals surface area contributed by atoms with Gasteiger partial charge in [-0.3, -0.25) is 0 Å². The van der Waals surface area contributed by atoms with Crippen molar-refractivity contribution in [3.63, 3.8) is 0 Å². The third-order valence-electron chi connectivity index (χ3n) is 6.79. The van der Waals surface area contributed by atoms with Gasteiger partial charge in [0.25, 0.3) is 0 Å². The average Bonchev–Trinajstić information content (AvgIpc) is 3.11. The van der Waals surface area contributed by atoms with E-state index >= 15 is 0 Å². The predicted molar refractivity (Wildman–Crippen MR) is 167 cm³/mol. The number of fused-ring (bicyclic) bond motifs is 2. The fraction of sp³-hybridized carbons (Fsp3) is 0. The van der Waals surface area contributed by atoms with Crippen LogP contribution in [0.3, 0.4) is 0 Å². The smallest absolute Gasteiger partial charge is 0.0629 e. The van der Waals surface area contributed by atoms with E-state index in [-0.39, 0.29) is 28.8 Å². The monoisotopic (exact) mass is 506 g/mol. The molecule has 7 rings (SSSR count). The minimum atomic E-state index is -0.607. The van der Waals surface area contributed by atoms with Crippen LogP contribution >= 0.6 is 0 Å². The molecule has 1 nitrogen and oxygen atoms in total. The maximum atomic E-state index is 9.04. The molecule has 0 aliphatic carbocycles. The summed E-state index contributed by atoms with van der Waals surface area (Å²) in [5, 5.41) is 7.32. The van der Waals surface area contributed by atoms with E-state index in [4.69, 9.17) is 12.3 Å². The molecule has 0 unspecified atom stereocenters. The summed E-state index contributed by atoms with van der Waals surface area (Å²) in [6, 6.07) is 28.9. The van der Waals surface area contributed by atoms with Gasteiger partial charge in [-0.15, -0.1) is 0 Å². The first-order chi connectivity index (χ1) is 23.1. The lowest BCUT2D eigenvalue weighted by Gasteiger charge is -2.13. The van der Waals surface area contributed by atoms with E-state index in [1.165, 1.54) is 0 Å². The van der Waals surface area contributed by atoms with Gasteiger partial charge >= 0.3 is 0 Å². The molecule has 0 aliphatic heterocycles. The fourth-order valence-electron chi connectivity index (χ4n) is 4.87. The lowest BCUT2D eigenvalue weighted by Crippen LogP contribution is -1.91. The number of hydrogen-bond donors (Lipinski definition) is 1. The van der Waals surface area contributed by atoms with Crippen molar-refractivity contribution in [3.8, 4) is 33.4 Å². The summed E-state index contributed by atoms with van der Waals surface area (Å²) < 4.78 is 76.8. The van der Waals surface area contributed by atoms with Crippen LogP contribution in [-0.4, -0.2) is 0 Å². The van der Waals surface area contributed by atoms with Gasteiger partial charge in [0.2, 0.25) is 0 Å². The van der Waals surface area contributed by atoms with Gasteiger partial charge in [0.1, 0.15) is 0 Å². The summed E-state index contributed by atoms with van der Waals surface area (Å²) in [6.45, 7) is 0. The predicted octanol–water partition coefficient (Wildman–Crippen LogP) is 10.7. The zero-order valence-corrected chi connectivity index (χ0v) is 20.8. The van der Waals surface area contributed by atoms with Crippen LogP contribution in [0.5, 0.6) is 0 Å². The first-order valence-electron chi connectivity index (χ1n) is 17.1. The molecule has 0 fully saturated rings. The Morgan fingerprint density at radius 1 is 0.436 bits per heavy atom. The van der Waals surface area contributed by atoms with Crippen LogP contribution in [0, 0.1) is 0 Å². The highest BCUT2D eigenvalue weighted by Crippen LogP contribution is 2.36. The molecule has 1 heteroatoms. The van der Waals surface area contributed by atoms with Gasteiger partial charge in [-0.05, 0) is 79.9 Å². The molecule has 7 aromatic carbocycles. The number of nitrogens with one attached hydrogen (secondary N) is 1. The molecule has 7 aromatic rings. The average molecular weight is 507 g/mol. The third kappa shape index (κ3) is 4.56. The Bertz CT molecular complexity index is 2360. The second kappa shape index (κ2) is 9.96. The quantitative estimate of drug-likeness (QED) is 0.245. The minimum Gasteiger partial charge on any atom is -0.355 e. The van der Waals surface area contributed by atoms with Gasteiger partial charge < -0.3 is 5.32 Å². The molecule has 39 heavy (non-hydrogen) atoms. The Hall–Kier alpha value is -5.14. The highest BCUT2D eigenvalue weighted by atomic mass is 14.9. The van der Waals surface area contributed by atoms with Crippen molar-refractivity contribution >= 4 is 32.9 Å². The van der Waals surface area contributed by atoms with E-state index in [2.05, 4.69) is 23.5 Å². The van der Waals surface area contributed by atoms with Crippen LogP contribution in [0.4, 0.5) is 11.4 Å². The maximum Gasteiger partial charge on any atom is 0.0629 e. The van der Waals surface area contributed by atoms with Gasteiger partial charge in [-0.2, -0.15) is 0 Å². The van der Waals surface area contributed by atoms with Crippen LogP contribution in [0.15, 0.2) is 158 Å². The molecule has 0 atom stereocenters. The molecular formula is C38H27N. The second-order valence-electron chi connectivity index (χ2n) is 9.22. The Morgan fingerprint density at radius 3 is 1.87 bits per heavy atom. The molecular weight excluding hydrogens is 470 g/mol. The topological polar surface area (TPSA) is 12.0 Å². The molecule has 1 N–H and O–H groups in total. The van der Waals surface area contributed by atoms with Gasteiger partial charge in [0.15, 0.2) is 0 Å². The summed E-state index contributed by atoms with van der Waals surface area (Å²) in [5.41, 5.74) is 3.45. The van der Waals surface area contributed by atoms with Crippen LogP contribution in [0.2, 0.25) is 0 Å². The zero-order valence-electron chi connectivity index (χ0n) is 29.8. The Balaban J connectivity index is 1.35. The second-order valence-corrected chi connectivity index (χ2v) is 9.22. The van der Waals surface area contributed by atoms with Crippen molar-refractivity contribution in [3.05, 3.63) is 158 Å². The molecule has 0 saturated heterocycles. The Kier molecular flexibility index (Phi) is 3.91. The van der Waals surface area contributed by atoms with Gasteiger partial charge in [-0.25, -0.2) is 0 Å². The zero-order chi connectivity index (χ0) is 33.9. The molecule has 0 heterocycles. The number of rotatable bonds is 5. The standard InChI is InChI=1S/C38H27N/c1-2-9-27(10-3-1)28-17-19-31(20-18-28)37-26-33(25-32-12-5-6-14-35(32)37)29-21-23-34(24-22-29)39-38-16-8-13-30-11-4-7-15-36(30)38/h1-26,39H/i1D,2D,3D,9D,10D,17D,18D,19D,20D. The molecule has 0 saturated carbocycles. The molecule has 0 radical (unpaired) electrons. The first-order valence-corrected chi connectivity index (χ1v) is 12.6. The molecule has 0 bridgehead atoms. The molecule has 184 valence electrons. The minimum absolute atomic E-state index is 0.0633. The van der Waals surface area contributed by atoms with Crippen molar-refractivity contribution in [1.82, 2.24) is 0 Å². The molecule has 0 aromatic heterocycles. The van der Waals surface area contributed by atoms with Crippen molar-refractivity contribution in [2.75, 3.05) is 5.32 Å². The highest BCUT2D eigenvalue weighted by Gasteiger charge is 2.09. The van der Waals surface area contributed by atoms with Crippen LogP contribution < -0.4 is 5.32 Å². The van der Waals surface area contributed by atoms with Crippen LogP contribution in [-0.2, 0) is 0 Å². The van der Waals surface area contributed by atoms with E-state index in [1.807, 2.05) is 84.9 Å². The van der Waals surface area contributed by atoms with Crippen LogP contribution in [0.25, 0.3) is 54.9 Å². The summed E-state index contributed by atoms with van der Waals surface area (Å²) in [6.07, 6.45) is 0. The summed E-state index contributed by atoms with van der Waals surface area (Å²) in [7, 11) is 0. The summed E-state index contributed by atoms with van der Waals surface area (Å²) in [4.78, 5) is 0. The van der Waals surface area contributed by atoms with Crippen molar-refractivity contribution < 1.29 is 12.3 Å². The Labute approximate surface area is 241 Å². The largest absolute Gasteiger partial charge is 0.355 e. The highest BCUT2D eigenvalue weighted by molar-refractivity contribution is 6.00. The normalized spacial score (nSPS) is 14.3. The first kappa shape index (κ1) is 15.3. The number of hydrogen-bond acceptors (Lipinski definition) is 1. The van der Waals surface area contributed by atoms with E-state index in [0.717, 1.165) is 44.0 Å². The van der Waals surface area contributed by atoms with Crippen molar-refractivity contribution in [1.29, 1.82) is 0 Å². The summed E-state index contributed by atoms with van der Waals surface area (Å²) in [5.74, 6) is 0. The van der Waals surface area contributed by atoms with Crippen LogP contribution in [0.1, 0.15) is 12.3 Å². The number of anilines is 2. The van der Waals surface area contributed by atoms with Gasteiger partial charge in [0.05, 0.1) is 12.3 Å². The third-order valence-corrected chi connectivity index (χ3v) is 6.79. The summed E-state index contributed by atoms with van der Waals surface area (Å²) >= 11 is 0. The molecule has 0 spiro atoms. The van der Waals surface area contributed by atoms with E-state index in [9.17, 15) is 0 Å². The van der Waals surface area contributed by atoms with Crippen molar-refractivity contribution in [2.45, 2.75) is 0 Å². The Morgan fingerprint density at radius 2 is 1.08 bits per heavy atom. The molecule has 0 amide bonds. The number of benzene rings is 7. The fourth-order valence-corrected chi connectivity index (χ4v) is 4.87. The lowest BCUT2D eigenvalue weighted by molar-refractivity contribution is 1.56. The van der Waals surface area contributed by atoms with E-state index < -0.39 is 42.3 Å². The lowest BCUT2D eigenvalue weighted by atomic mass is 9.92.